The summed E-state index contributed by atoms with van der Waals surface area (Å²) >= 11 is 0. The molecule has 1 aromatic heterocycles. The fourth-order valence-electron chi connectivity index (χ4n) is 1.62. The van der Waals surface area contributed by atoms with E-state index in [2.05, 4.69) is 0 Å². The number of nitro groups is 1. The second-order valence-corrected chi connectivity index (χ2v) is 3.74. The van der Waals surface area contributed by atoms with Crippen LogP contribution in [0.4, 0.5) is 18.9 Å². The maximum atomic E-state index is 12.5. The molecule has 0 unspecified atom stereocenters. The minimum atomic E-state index is -4.61. The SMILES string of the molecule is O=[N+]([O-])c1cc(C(F)(F)F)ccc1-[n+]1ccccc1.[Cl-]. The van der Waals surface area contributed by atoms with Crippen LogP contribution in [-0.2, 0) is 6.18 Å². The molecule has 0 saturated carbocycles. The number of benzene rings is 1. The van der Waals surface area contributed by atoms with Crippen LogP contribution >= 0.6 is 0 Å². The molecular weight excluding hydrogens is 297 g/mol. The molecule has 2 rings (SSSR count). The van der Waals surface area contributed by atoms with Gasteiger partial charge >= 0.3 is 11.9 Å². The van der Waals surface area contributed by atoms with Gasteiger partial charge in [0, 0.05) is 24.3 Å². The van der Waals surface area contributed by atoms with Crippen molar-refractivity contribution in [3.05, 3.63) is 64.5 Å². The van der Waals surface area contributed by atoms with E-state index < -0.39 is 22.4 Å². The van der Waals surface area contributed by atoms with Crippen LogP contribution < -0.4 is 17.0 Å². The van der Waals surface area contributed by atoms with Crippen LogP contribution in [0.1, 0.15) is 5.56 Å². The normalized spacial score (nSPS) is 10.8. The lowest BCUT2D eigenvalue weighted by Crippen LogP contribution is -3.00. The molecule has 0 N–H and O–H groups in total. The number of halogens is 4. The molecule has 0 bridgehead atoms. The highest BCUT2D eigenvalue weighted by Crippen LogP contribution is 2.32. The molecule has 0 radical (unpaired) electrons. The zero-order valence-corrected chi connectivity index (χ0v) is 10.6. The maximum absolute atomic E-state index is 12.5. The second kappa shape index (κ2) is 5.87. The van der Waals surface area contributed by atoms with Gasteiger partial charge < -0.3 is 12.4 Å². The topological polar surface area (TPSA) is 47.0 Å². The Balaban J connectivity index is 0.00000200. The van der Waals surface area contributed by atoms with Gasteiger partial charge in [0.1, 0.15) is 0 Å². The predicted molar refractivity (Wildman–Crippen MR) is 59.6 cm³/mol. The number of aromatic nitrogens is 1. The van der Waals surface area contributed by atoms with Gasteiger partial charge in [-0.05, 0) is 6.07 Å². The molecule has 0 amide bonds. The van der Waals surface area contributed by atoms with Crippen LogP contribution in [0.15, 0.2) is 48.8 Å². The Morgan fingerprint density at radius 3 is 2.20 bits per heavy atom. The van der Waals surface area contributed by atoms with E-state index in [4.69, 9.17) is 0 Å². The molecule has 0 spiro atoms. The number of nitro benzene ring substituents is 1. The molecule has 0 fully saturated rings. The van der Waals surface area contributed by atoms with Crippen molar-refractivity contribution in [2.75, 3.05) is 0 Å². The van der Waals surface area contributed by atoms with Gasteiger partial charge in [-0.3, -0.25) is 10.1 Å². The fourth-order valence-corrected chi connectivity index (χ4v) is 1.62. The lowest BCUT2D eigenvalue weighted by molar-refractivity contribution is -0.600. The van der Waals surface area contributed by atoms with Gasteiger partial charge in [-0.25, -0.2) is 0 Å². The predicted octanol–water partition coefficient (Wildman–Crippen LogP) is -0.106. The molecule has 0 aliphatic heterocycles. The van der Waals surface area contributed by atoms with E-state index in [1.807, 2.05) is 0 Å². The third kappa shape index (κ3) is 3.24. The smallest absolute Gasteiger partial charge is 0.416 e. The Bertz CT molecular complexity index is 618. The van der Waals surface area contributed by atoms with Crippen molar-refractivity contribution in [1.29, 1.82) is 0 Å². The molecule has 8 heteroatoms. The summed E-state index contributed by atoms with van der Waals surface area (Å²) in [6.07, 6.45) is -1.56. The standard InChI is InChI=1S/C12H8F3N2O2.ClH/c13-12(14,15)9-4-5-10(11(8-9)17(18)19)16-6-2-1-3-7-16;/h1-8H;1H/q+1;/p-1. The van der Waals surface area contributed by atoms with Gasteiger partial charge in [0.25, 0.3) is 5.69 Å². The maximum Gasteiger partial charge on any atom is 0.416 e. The van der Waals surface area contributed by atoms with E-state index in [1.54, 1.807) is 18.2 Å². The number of hydrogen-bond donors (Lipinski definition) is 0. The molecule has 0 aliphatic rings. The van der Waals surface area contributed by atoms with Crippen molar-refractivity contribution in [2.45, 2.75) is 6.18 Å². The fraction of sp³-hybridized carbons (Fsp3) is 0.0833. The number of rotatable bonds is 2. The van der Waals surface area contributed by atoms with E-state index in [0.717, 1.165) is 12.1 Å². The minimum absolute atomic E-state index is 0. The summed E-state index contributed by atoms with van der Waals surface area (Å²) in [7, 11) is 0. The summed E-state index contributed by atoms with van der Waals surface area (Å²) < 4.78 is 39.0. The summed E-state index contributed by atoms with van der Waals surface area (Å²) in [6, 6.07) is 7.40. The Kier molecular flexibility index (Phi) is 4.67. The molecule has 4 nitrogen and oxygen atoms in total. The monoisotopic (exact) mass is 304 g/mol. The number of hydrogen-bond acceptors (Lipinski definition) is 2. The van der Waals surface area contributed by atoms with Gasteiger partial charge in [-0.15, -0.1) is 0 Å². The first kappa shape index (κ1) is 15.9. The molecule has 106 valence electrons. The average molecular weight is 305 g/mol. The molecule has 0 aliphatic carbocycles. The Morgan fingerprint density at radius 2 is 1.70 bits per heavy atom. The van der Waals surface area contributed by atoms with Crippen molar-refractivity contribution < 1.29 is 35.1 Å². The summed E-state index contributed by atoms with van der Waals surface area (Å²) in [4.78, 5) is 10.1. The molecule has 20 heavy (non-hydrogen) atoms. The molecule has 1 heterocycles. The first-order chi connectivity index (χ1) is 8.89. The summed E-state index contributed by atoms with van der Waals surface area (Å²) in [6.45, 7) is 0. The van der Waals surface area contributed by atoms with Gasteiger partial charge in [0.2, 0.25) is 0 Å². The lowest BCUT2D eigenvalue weighted by Gasteiger charge is -2.06. The summed E-state index contributed by atoms with van der Waals surface area (Å²) in [5.74, 6) is 0. The van der Waals surface area contributed by atoms with Crippen molar-refractivity contribution in [2.24, 2.45) is 0 Å². The van der Waals surface area contributed by atoms with Crippen LogP contribution in [-0.4, -0.2) is 4.92 Å². The average Bonchev–Trinajstić information content (AvgIpc) is 2.38. The number of pyridine rings is 1. The van der Waals surface area contributed by atoms with Crippen molar-refractivity contribution in [3.8, 4) is 5.69 Å². The van der Waals surface area contributed by atoms with Crippen LogP contribution in [0.5, 0.6) is 0 Å². The zero-order chi connectivity index (χ0) is 14.0. The van der Waals surface area contributed by atoms with Crippen LogP contribution in [0, 0.1) is 10.1 Å². The largest absolute Gasteiger partial charge is 1.00 e. The van der Waals surface area contributed by atoms with E-state index >= 15 is 0 Å². The first-order valence-electron chi connectivity index (χ1n) is 5.22. The van der Waals surface area contributed by atoms with Crippen molar-refractivity contribution in [3.63, 3.8) is 0 Å². The number of alkyl halides is 3. The van der Waals surface area contributed by atoms with Crippen molar-refractivity contribution >= 4 is 5.69 Å². The first-order valence-corrected chi connectivity index (χ1v) is 5.22. The van der Waals surface area contributed by atoms with E-state index in [1.165, 1.54) is 17.0 Å². The van der Waals surface area contributed by atoms with E-state index in [9.17, 15) is 23.3 Å². The Labute approximate surface area is 118 Å². The lowest BCUT2D eigenvalue weighted by atomic mass is 10.1. The van der Waals surface area contributed by atoms with Gasteiger partial charge in [-0.1, -0.05) is 6.07 Å². The molecule has 0 saturated heterocycles. The molecule has 2 aromatic rings. The van der Waals surface area contributed by atoms with E-state index in [-0.39, 0.29) is 18.1 Å². The third-order valence-corrected chi connectivity index (χ3v) is 2.49. The third-order valence-electron chi connectivity index (χ3n) is 2.49. The van der Waals surface area contributed by atoms with E-state index in [0.29, 0.717) is 6.07 Å². The zero-order valence-electron chi connectivity index (χ0n) is 9.84. The number of nitrogens with zero attached hydrogens (tertiary/aromatic N) is 2. The summed E-state index contributed by atoms with van der Waals surface area (Å²) in [5.41, 5.74) is -1.55. The molecular formula is C12H8ClF3N2O2. The Hall–Kier alpha value is -2.15. The van der Waals surface area contributed by atoms with Gasteiger partial charge in [-0.2, -0.15) is 17.7 Å². The second-order valence-electron chi connectivity index (χ2n) is 3.74. The van der Waals surface area contributed by atoms with Crippen LogP contribution in [0.2, 0.25) is 0 Å². The molecule has 1 aromatic carbocycles. The van der Waals surface area contributed by atoms with Crippen molar-refractivity contribution in [1.82, 2.24) is 0 Å². The molecule has 0 atom stereocenters. The summed E-state index contributed by atoms with van der Waals surface area (Å²) in [5, 5.41) is 10.9. The van der Waals surface area contributed by atoms with Gasteiger partial charge in [0.05, 0.1) is 10.5 Å². The highest BCUT2D eigenvalue weighted by molar-refractivity contribution is 5.49. The highest BCUT2D eigenvalue weighted by atomic mass is 35.5. The minimum Gasteiger partial charge on any atom is -1.00 e. The highest BCUT2D eigenvalue weighted by Gasteiger charge is 2.34. The quantitative estimate of drug-likeness (QED) is 0.442. The van der Waals surface area contributed by atoms with Crippen LogP contribution in [0.25, 0.3) is 5.69 Å². The van der Waals surface area contributed by atoms with Gasteiger partial charge in [0.15, 0.2) is 12.4 Å². The van der Waals surface area contributed by atoms with Crippen LogP contribution in [0.3, 0.4) is 0 Å². The Morgan fingerprint density at radius 1 is 1.10 bits per heavy atom.